The number of esters is 2. The van der Waals surface area contributed by atoms with Crippen LogP contribution in [0.2, 0.25) is 0 Å². The standard InChI is InChI=1S/C35H60O7/c1-3-5-7-9-11-12-13-15-21-27-35(40)42-33(29-36)30-41-34(39)28-22-26-32(38)25-20-17-16-19-24-31(37)23-18-14-10-8-6-4-2/h14,16-20,24-25,31-33,36-38H,3-13,15,21-23,26-30H2,1-2H3/b17-16+,18-14-,24-19+,25-20-/t31-,32-,33+/m1/s1. The Hall–Kier alpha value is -2.22. The normalized spacial score (nSPS) is 14.3. The molecule has 0 aliphatic carbocycles. The second-order valence-electron chi connectivity index (χ2n) is 10.9. The van der Waals surface area contributed by atoms with E-state index in [1.165, 1.54) is 57.8 Å². The molecule has 0 amide bonds. The molecular weight excluding hydrogens is 532 g/mol. The Morgan fingerprint density at radius 2 is 1.24 bits per heavy atom. The van der Waals surface area contributed by atoms with Gasteiger partial charge in [-0.1, -0.05) is 127 Å². The Kier molecular flexibility index (Phi) is 28.6. The first-order valence-electron chi connectivity index (χ1n) is 16.4. The van der Waals surface area contributed by atoms with Crippen molar-refractivity contribution in [3.63, 3.8) is 0 Å². The molecule has 7 nitrogen and oxygen atoms in total. The molecule has 0 aliphatic heterocycles. The minimum atomic E-state index is -0.859. The molecule has 0 radical (unpaired) electrons. The third-order valence-corrected chi connectivity index (χ3v) is 6.82. The van der Waals surface area contributed by atoms with E-state index in [4.69, 9.17) is 9.47 Å². The van der Waals surface area contributed by atoms with E-state index < -0.39 is 30.9 Å². The largest absolute Gasteiger partial charge is 0.462 e. The molecule has 0 aromatic heterocycles. The van der Waals surface area contributed by atoms with Crippen LogP contribution in [0.1, 0.15) is 129 Å². The molecule has 242 valence electrons. The summed E-state index contributed by atoms with van der Waals surface area (Å²) in [4.78, 5) is 24.0. The number of ether oxygens (including phenoxy) is 2. The lowest BCUT2D eigenvalue weighted by Gasteiger charge is -2.16. The molecule has 0 fully saturated rings. The van der Waals surface area contributed by atoms with Crippen molar-refractivity contribution in [3.05, 3.63) is 48.6 Å². The summed E-state index contributed by atoms with van der Waals surface area (Å²) in [5.41, 5.74) is 0. The van der Waals surface area contributed by atoms with E-state index in [1.54, 1.807) is 36.5 Å². The van der Waals surface area contributed by atoms with Gasteiger partial charge in [0.1, 0.15) is 6.61 Å². The highest BCUT2D eigenvalue weighted by Gasteiger charge is 2.16. The van der Waals surface area contributed by atoms with E-state index in [9.17, 15) is 24.9 Å². The fourth-order valence-corrected chi connectivity index (χ4v) is 4.22. The highest BCUT2D eigenvalue weighted by Crippen LogP contribution is 2.11. The number of hydrogen-bond donors (Lipinski definition) is 3. The van der Waals surface area contributed by atoms with Gasteiger partial charge < -0.3 is 24.8 Å². The Bertz CT molecular complexity index is 756. The Labute approximate surface area is 255 Å². The van der Waals surface area contributed by atoms with Crippen molar-refractivity contribution < 1.29 is 34.4 Å². The molecule has 0 saturated heterocycles. The summed E-state index contributed by atoms with van der Waals surface area (Å²) in [5, 5.41) is 29.5. The first-order valence-corrected chi connectivity index (χ1v) is 16.4. The van der Waals surface area contributed by atoms with Gasteiger partial charge in [0, 0.05) is 12.8 Å². The molecule has 0 spiro atoms. The van der Waals surface area contributed by atoms with Gasteiger partial charge in [0.25, 0.3) is 0 Å². The summed E-state index contributed by atoms with van der Waals surface area (Å²) in [6.45, 7) is 3.81. The number of carbonyl (C=O) groups excluding carboxylic acids is 2. The summed E-state index contributed by atoms with van der Waals surface area (Å²) in [5.74, 6) is -0.840. The molecule has 0 aromatic carbocycles. The van der Waals surface area contributed by atoms with Gasteiger partial charge in [0.15, 0.2) is 6.10 Å². The Balaban J connectivity index is 3.94. The number of allylic oxidation sites excluding steroid dienone is 5. The predicted molar refractivity (Wildman–Crippen MR) is 171 cm³/mol. The maximum Gasteiger partial charge on any atom is 0.306 e. The maximum absolute atomic E-state index is 12.0. The van der Waals surface area contributed by atoms with Crippen molar-refractivity contribution in [2.45, 2.75) is 148 Å². The van der Waals surface area contributed by atoms with Crippen LogP contribution in [0, 0.1) is 0 Å². The van der Waals surface area contributed by atoms with Crippen molar-refractivity contribution in [2.24, 2.45) is 0 Å². The summed E-state index contributed by atoms with van der Waals surface area (Å²) < 4.78 is 10.4. The first-order chi connectivity index (χ1) is 20.4. The van der Waals surface area contributed by atoms with E-state index in [2.05, 4.69) is 19.9 Å². The molecule has 0 heterocycles. The second kappa shape index (κ2) is 30.2. The summed E-state index contributed by atoms with van der Waals surface area (Å²) >= 11 is 0. The molecular formula is C35H60O7. The smallest absolute Gasteiger partial charge is 0.306 e. The zero-order valence-corrected chi connectivity index (χ0v) is 26.5. The van der Waals surface area contributed by atoms with E-state index in [-0.39, 0.29) is 19.0 Å². The SMILES string of the molecule is CCCCC/C=C\C[C@@H](O)/C=C/C=C/C=C\[C@@H](O)CCCC(=O)OC[C@H](CO)OC(=O)CCCCCCCCCCC. The molecule has 0 aliphatic rings. The molecule has 0 saturated carbocycles. The summed E-state index contributed by atoms with van der Waals surface area (Å²) in [7, 11) is 0. The van der Waals surface area contributed by atoms with Gasteiger partial charge >= 0.3 is 11.9 Å². The van der Waals surface area contributed by atoms with Crippen molar-refractivity contribution in [1.82, 2.24) is 0 Å². The van der Waals surface area contributed by atoms with Gasteiger partial charge in [0.2, 0.25) is 0 Å². The Morgan fingerprint density at radius 3 is 1.88 bits per heavy atom. The summed E-state index contributed by atoms with van der Waals surface area (Å²) in [6, 6.07) is 0. The number of unbranched alkanes of at least 4 members (excludes halogenated alkanes) is 11. The highest BCUT2D eigenvalue weighted by atomic mass is 16.6. The molecule has 7 heteroatoms. The molecule has 0 rings (SSSR count). The van der Waals surface area contributed by atoms with E-state index in [0.29, 0.717) is 25.7 Å². The van der Waals surface area contributed by atoms with Crippen molar-refractivity contribution in [1.29, 1.82) is 0 Å². The zero-order valence-electron chi connectivity index (χ0n) is 26.5. The number of hydrogen-bond acceptors (Lipinski definition) is 7. The highest BCUT2D eigenvalue weighted by molar-refractivity contribution is 5.70. The topological polar surface area (TPSA) is 113 Å². The molecule has 0 unspecified atom stereocenters. The van der Waals surface area contributed by atoms with Crippen LogP contribution in [0.25, 0.3) is 0 Å². The lowest BCUT2D eigenvalue weighted by molar-refractivity contribution is -0.161. The van der Waals surface area contributed by atoms with Crippen LogP contribution in [0.15, 0.2) is 48.6 Å². The van der Waals surface area contributed by atoms with Crippen molar-refractivity contribution >= 4 is 11.9 Å². The van der Waals surface area contributed by atoms with Gasteiger partial charge in [-0.15, -0.1) is 0 Å². The van der Waals surface area contributed by atoms with Crippen LogP contribution in [-0.4, -0.2) is 58.8 Å². The minimum absolute atomic E-state index is 0.124. The molecule has 42 heavy (non-hydrogen) atoms. The fraction of sp³-hybridized carbons (Fsp3) is 0.714. The molecule has 0 bridgehead atoms. The second-order valence-corrected chi connectivity index (χ2v) is 10.9. The van der Waals surface area contributed by atoms with Gasteiger partial charge in [-0.25, -0.2) is 0 Å². The van der Waals surface area contributed by atoms with Gasteiger partial charge in [-0.05, 0) is 38.5 Å². The minimum Gasteiger partial charge on any atom is -0.462 e. The number of rotatable bonds is 28. The number of aliphatic hydroxyl groups is 3. The van der Waals surface area contributed by atoms with Gasteiger partial charge in [0.05, 0.1) is 18.8 Å². The van der Waals surface area contributed by atoms with Gasteiger partial charge in [-0.3, -0.25) is 9.59 Å². The quantitative estimate of drug-likeness (QED) is 0.0374. The van der Waals surface area contributed by atoms with Crippen LogP contribution in [0.5, 0.6) is 0 Å². The first kappa shape index (κ1) is 39.8. The predicted octanol–water partition coefficient (Wildman–Crippen LogP) is 7.44. The van der Waals surface area contributed by atoms with Crippen LogP contribution in [0.3, 0.4) is 0 Å². The van der Waals surface area contributed by atoms with E-state index in [1.807, 2.05) is 6.08 Å². The van der Waals surface area contributed by atoms with Crippen molar-refractivity contribution in [3.8, 4) is 0 Å². The third kappa shape index (κ3) is 27.9. The Morgan fingerprint density at radius 1 is 0.667 bits per heavy atom. The summed E-state index contributed by atoms with van der Waals surface area (Å²) in [6.07, 6.45) is 29.5. The number of aliphatic hydroxyl groups excluding tert-OH is 3. The van der Waals surface area contributed by atoms with Crippen molar-refractivity contribution in [2.75, 3.05) is 13.2 Å². The molecule has 3 atom stereocenters. The van der Waals surface area contributed by atoms with Crippen LogP contribution >= 0.6 is 0 Å². The lowest BCUT2D eigenvalue weighted by atomic mass is 10.1. The average molecular weight is 593 g/mol. The third-order valence-electron chi connectivity index (χ3n) is 6.82. The molecule has 0 aromatic rings. The van der Waals surface area contributed by atoms with Crippen LogP contribution in [0.4, 0.5) is 0 Å². The maximum atomic E-state index is 12.0. The number of carbonyl (C=O) groups is 2. The monoisotopic (exact) mass is 592 g/mol. The van der Waals surface area contributed by atoms with Gasteiger partial charge in [-0.2, -0.15) is 0 Å². The zero-order chi connectivity index (χ0) is 31.1. The lowest BCUT2D eigenvalue weighted by Crippen LogP contribution is -2.28. The van der Waals surface area contributed by atoms with Crippen LogP contribution < -0.4 is 0 Å². The fourth-order valence-electron chi connectivity index (χ4n) is 4.22. The van der Waals surface area contributed by atoms with E-state index >= 15 is 0 Å². The van der Waals surface area contributed by atoms with E-state index in [0.717, 1.165) is 25.7 Å². The van der Waals surface area contributed by atoms with Crippen LogP contribution in [-0.2, 0) is 19.1 Å². The molecule has 3 N–H and O–H groups in total. The average Bonchev–Trinajstić information content (AvgIpc) is 2.97.